The topological polar surface area (TPSA) is 32.8 Å². The van der Waals surface area contributed by atoms with Gasteiger partial charge in [-0.1, -0.05) is 30.3 Å². The Morgan fingerprint density at radius 3 is 2.70 bits per heavy atom. The second-order valence-electron chi connectivity index (χ2n) is 6.18. The van der Waals surface area contributed by atoms with Gasteiger partial charge in [-0.2, -0.15) is 0 Å². The number of ether oxygens (including phenoxy) is 1. The third-order valence-electron chi connectivity index (χ3n) is 4.57. The molecule has 2 fully saturated rings. The van der Waals surface area contributed by atoms with Gasteiger partial charge in [0.2, 0.25) is 5.91 Å². The highest BCUT2D eigenvalue weighted by Gasteiger charge is 2.30. The molecule has 0 saturated carbocycles. The summed E-state index contributed by atoms with van der Waals surface area (Å²) in [5.74, 6) is 0.965. The van der Waals surface area contributed by atoms with Gasteiger partial charge in [0.25, 0.3) is 0 Å². The summed E-state index contributed by atoms with van der Waals surface area (Å²) in [6, 6.07) is 10.6. The Labute approximate surface area is 143 Å². The lowest BCUT2D eigenvalue weighted by Gasteiger charge is -2.28. The molecule has 0 N–H and O–H groups in total. The van der Waals surface area contributed by atoms with Crippen LogP contribution in [0.5, 0.6) is 0 Å². The Kier molecular flexibility index (Phi) is 6.37. The average molecular weight is 334 g/mol. The van der Waals surface area contributed by atoms with E-state index in [1.54, 1.807) is 11.8 Å². The zero-order valence-electron chi connectivity index (χ0n) is 13.7. The molecular weight excluding hydrogens is 308 g/mol. The van der Waals surface area contributed by atoms with E-state index in [0.29, 0.717) is 17.0 Å². The highest BCUT2D eigenvalue weighted by molar-refractivity contribution is 8.00. The van der Waals surface area contributed by atoms with E-state index < -0.39 is 0 Å². The number of benzene rings is 1. The summed E-state index contributed by atoms with van der Waals surface area (Å²) in [7, 11) is 0. The van der Waals surface area contributed by atoms with Crippen LogP contribution in [0.1, 0.15) is 18.4 Å². The number of amides is 1. The van der Waals surface area contributed by atoms with Crippen LogP contribution in [0, 0.1) is 0 Å². The Bertz CT molecular complexity index is 491. The predicted molar refractivity (Wildman–Crippen MR) is 94.6 cm³/mol. The Morgan fingerprint density at radius 1 is 1.13 bits per heavy atom. The fraction of sp³-hybridized carbons (Fsp3) is 0.611. The van der Waals surface area contributed by atoms with Crippen LogP contribution in [0.2, 0.25) is 0 Å². The molecule has 3 rings (SSSR count). The normalized spacial score (nSPS) is 22.7. The molecule has 0 aromatic heterocycles. The van der Waals surface area contributed by atoms with Crippen LogP contribution in [0.25, 0.3) is 0 Å². The number of nitrogens with zero attached hydrogens (tertiary/aromatic N) is 2. The third-order valence-corrected chi connectivity index (χ3v) is 5.86. The zero-order chi connectivity index (χ0) is 15.9. The van der Waals surface area contributed by atoms with Crippen molar-refractivity contribution in [2.24, 2.45) is 0 Å². The van der Waals surface area contributed by atoms with E-state index in [1.807, 2.05) is 0 Å². The highest BCUT2D eigenvalue weighted by atomic mass is 32.2. The lowest BCUT2D eigenvalue weighted by molar-refractivity contribution is -0.128. The number of carbonyl (C=O) groups excluding carboxylic acids is 1. The molecule has 1 unspecified atom stereocenters. The first-order valence-corrected chi connectivity index (χ1v) is 9.63. The molecule has 5 heteroatoms. The Morgan fingerprint density at radius 2 is 1.91 bits per heavy atom. The van der Waals surface area contributed by atoms with E-state index >= 15 is 0 Å². The first-order valence-electron chi connectivity index (χ1n) is 8.58. The molecule has 4 nitrogen and oxygen atoms in total. The molecule has 2 aliphatic heterocycles. The van der Waals surface area contributed by atoms with Crippen LogP contribution in [0.3, 0.4) is 0 Å². The van der Waals surface area contributed by atoms with Crippen molar-refractivity contribution >= 4 is 17.7 Å². The number of rotatable bonds is 7. The van der Waals surface area contributed by atoms with Gasteiger partial charge in [-0.15, -0.1) is 11.8 Å². The smallest absolute Gasteiger partial charge is 0.233 e. The highest BCUT2D eigenvalue weighted by Crippen LogP contribution is 2.28. The van der Waals surface area contributed by atoms with Crippen molar-refractivity contribution in [1.29, 1.82) is 0 Å². The predicted octanol–water partition coefficient (Wildman–Crippen LogP) is 2.24. The number of thioether (sulfide) groups is 1. The van der Waals surface area contributed by atoms with Gasteiger partial charge in [0.05, 0.1) is 24.3 Å². The lowest BCUT2D eigenvalue weighted by Crippen LogP contribution is -2.39. The van der Waals surface area contributed by atoms with Crippen molar-refractivity contribution in [3.05, 3.63) is 35.9 Å². The Hall–Kier alpha value is -1.04. The van der Waals surface area contributed by atoms with Gasteiger partial charge in [-0.25, -0.2) is 0 Å². The molecule has 0 radical (unpaired) electrons. The van der Waals surface area contributed by atoms with Gasteiger partial charge in [-0.05, 0) is 24.8 Å². The molecule has 126 valence electrons. The molecule has 1 atom stereocenters. The van der Waals surface area contributed by atoms with Gasteiger partial charge in [-0.3, -0.25) is 9.69 Å². The molecule has 1 amide bonds. The van der Waals surface area contributed by atoms with E-state index in [1.165, 1.54) is 5.56 Å². The second kappa shape index (κ2) is 8.71. The van der Waals surface area contributed by atoms with Crippen LogP contribution < -0.4 is 0 Å². The SMILES string of the molecule is O=C1CSC(CCc2ccccc2)N1CCCN1CCOCC1. The average Bonchev–Trinajstić information content (AvgIpc) is 2.95. The minimum atomic E-state index is 0.315. The third kappa shape index (κ3) is 4.96. The van der Waals surface area contributed by atoms with Crippen LogP contribution in [0.15, 0.2) is 30.3 Å². The number of carbonyl (C=O) groups is 1. The van der Waals surface area contributed by atoms with Gasteiger partial charge in [0, 0.05) is 26.2 Å². The molecule has 23 heavy (non-hydrogen) atoms. The first kappa shape index (κ1) is 16.8. The molecular formula is C18H26N2O2S. The number of aryl methyl sites for hydroxylation is 1. The van der Waals surface area contributed by atoms with Crippen molar-refractivity contribution in [2.45, 2.75) is 24.6 Å². The first-order chi connectivity index (χ1) is 11.3. The minimum Gasteiger partial charge on any atom is -0.379 e. The fourth-order valence-corrected chi connectivity index (χ4v) is 4.42. The van der Waals surface area contributed by atoms with E-state index in [0.717, 1.165) is 58.7 Å². The summed E-state index contributed by atoms with van der Waals surface area (Å²) in [5.41, 5.74) is 1.36. The van der Waals surface area contributed by atoms with Gasteiger partial charge < -0.3 is 9.64 Å². The zero-order valence-corrected chi connectivity index (χ0v) is 14.5. The maximum atomic E-state index is 12.1. The summed E-state index contributed by atoms with van der Waals surface area (Å²) in [6.07, 6.45) is 3.16. The maximum absolute atomic E-state index is 12.1. The van der Waals surface area contributed by atoms with Crippen LogP contribution in [0.4, 0.5) is 0 Å². The molecule has 0 aliphatic carbocycles. The Balaban J connectivity index is 1.43. The standard InChI is InChI=1S/C18H26N2O2S/c21-17-15-23-18(8-7-16-5-2-1-3-6-16)20(17)10-4-9-19-11-13-22-14-12-19/h1-3,5-6,18H,4,7-15H2. The summed E-state index contributed by atoms with van der Waals surface area (Å²) < 4.78 is 5.38. The summed E-state index contributed by atoms with van der Waals surface area (Å²) in [5, 5.41) is 0.354. The number of hydrogen-bond donors (Lipinski definition) is 0. The van der Waals surface area contributed by atoms with Crippen molar-refractivity contribution in [3.63, 3.8) is 0 Å². The van der Waals surface area contributed by atoms with Gasteiger partial charge in [0.1, 0.15) is 0 Å². The second-order valence-corrected chi connectivity index (χ2v) is 7.35. The van der Waals surface area contributed by atoms with E-state index in [4.69, 9.17) is 4.74 Å². The molecule has 1 aromatic rings. The maximum Gasteiger partial charge on any atom is 0.233 e. The lowest BCUT2D eigenvalue weighted by atomic mass is 10.1. The largest absolute Gasteiger partial charge is 0.379 e. The minimum absolute atomic E-state index is 0.315. The monoisotopic (exact) mass is 334 g/mol. The number of hydrogen-bond acceptors (Lipinski definition) is 4. The summed E-state index contributed by atoms with van der Waals surface area (Å²) in [6.45, 7) is 5.71. The molecule has 0 bridgehead atoms. The summed E-state index contributed by atoms with van der Waals surface area (Å²) in [4.78, 5) is 16.7. The molecule has 2 aliphatic rings. The van der Waals surface area contributed by atoms with Gasteiger partial charge >= 0.3 is 0 Å². The molecule has 2 saturated heterocycles. The van der Waals surface area contributed by atoms with Crippen molar-refractivity contribution < 1.29 is 9.53 Å². The van der Waals surface area contributed by atoms with Crippen LogP contribution in [-0.2, 0) is 16.0 Å². The number of morpholine rings is 1. The van der Waals surface area contributed by atoms with Crippen molar-refractivity contribution in [1.82, 2.24) is 9.80 Å². The van der Waals surface area contributed by atoms with E-state index in [9.17, 15) is 4.79 Å². The summed E-state index contributed by atoms with van der Waals surface area (Å²) >= 11 is 1.81. The molecule has 0 spiro atoms. The quantitative estimate of drug-likeness (QED) is 0.766. The molecule has 1 aromatic carbocycles. The van der Waals surface area contributed by atoms with Gasteiger partial charge in [0.15, 0.2) is 0 Å². The van der Waals surface area contributed by atoms with Crippen LogP contribution in [-0.4, -0.2) is 66.2 Å². The van der Waals surface area contributed by atoms with E-state index in [2.05, 4.69) is 40.1 Å². The van der Waals surface area contributed by atoms with E-state index in [-0.39, 0.29) is 0 Å². The van der Waals surface area contributed by atoms with Crippen molar-refractivity contribution in [2.75, 3.05) is 45.1 Å². The molecule has 2 heterocycles. The van der Waals surface area contributed by atoms with Crippen LogP contribution >= 0.6 is 11.8 Å². The fourth-order valence-electron chi connectivity index (χ4n) is 3.23. The van der Waals surface area contributed by atoms with Crippen molar-refractivity contribution in [3.8, 4) is 0 Å².